The van der Waals surface area contributed by atoms with Gasteiger partial charge in [-0.05, 0) is 52.3 Å². The van der Waals surface area contributed by atoms with E-state index in [9.17, 15) is 14.3 Å². The second kappa shape index (κ2) is 5.92. The van der Waals surface area contributed by atoms with Crippen LogP contribution in [0.1, 0.15) is 10.4 Å². The highest BCUT2D eigenvalue weighted by Gasteiger charge is 2.13. The van der Waals surface area contributed by atoms with Crippen LogP contribution in [0.15, 0.2) is 40.9 Å². The Labute approximate surface area is 123 Å². The van der Waals surface area contributed by atoms with Gasteiger partial charge in [-0.1, -0.05) is 0 Å². The summed E-state index contributed by atoms with van der Waals surface area (Å²) in [5.41, 5.74) is 0.482. The van der Waals surface area contributed by atoms with E-state index in [0.29, 0.717) is 11.4 Å². The Balaban J connectivity index is 2.25. The van der Waals surface area contributed by atoms with Gasteiger partial charge in [0, 0.05) is 5.69 Å². The Bertz CT molecular complexity index is 661. The van der Waals surface area contributed by atoms with E-state index in [-0.39, 0.29) is 15.8 Å². The fourth-order valence-electron chi connectivity index (χ4n) is 1.60. The van der Waals surface area contributed by atoms with Crippen LogP contribution in [0.2, 0.25) is 0 Å². The first-order valence-corrected chi connectivity index (χ1v) is 6.44. The van der Waals surface area contributed by atoms with Gasteiger partial charge in [-0.25, -0.2) is 4.39 Å². The Morgan fingerprint density at radius 3 is 2.70 bits per heavy atom. The summed E-state index contributed by atoms with van der Waals surface area (Å²) in [6, 6.07) is 8.42. The summed E-state index contributed by atoms with van der Waals surface area (Å²) in [6.07, 6.45) is 0. The van der Waals surface area contributed by atoms with Gasteiger partial charge >= 0.3 is 0 Å². The monoisotopic (exact) mass is 339 g/mol. The number of rotatable bonds is 3. The van der Waals surface area contributed by atoms with Crippen molar-refractivity contribution >= 4 is 27.5 Å². The van der Waals surface area contributed by atoms with Crippen LogP contribution in [-0.4, -0.2) is 18.1 Å². The number of hydrogen-bond donors (Lipinski definition) is 2. The maximum Gasteiger partial charge on any atom is 0.259 e. The van der Waals surface area contributed by atoms with Crippen LogP contribution in [0, 0.1) is 5.82 Å². The van der Waals surface area contributed by atoms with Gasteiger partial charge in [-0.2, -0.15) is 0 Å². The van der Waals surface area contributed by atoms with E-state index in [2.05, 4.69) is 21.2 Å². The number of halogens is 2. The highest BCUT2D eigenvalue weighted by atomic mass is 79.9. The number of carbonyl (C=O) groups excluding carboxylic acids is 1. The Kier molecular flexibility index (Phi) is 4.24. The molecular weight excluding hydrogens is 329 g/mol. The summed E-state index contributed by atoms with van der Waals surface area (Å²) in [4.78, 5) is 12.1. The van der Waals surface area contributed by atoms with E-state index in [1.54, 1.807) is 6.07 Å². The molecule has 1 amide bonds. The second-order valence-electron chi connectivity index (χ2n) is 3.97. The molecule has 4 nitrogen and oxygen atoms in total. The van der Waals surface area contributed by atoms with Crippen LogP contribution >= 0.6 is 15.9 Å². The lowest BCUT2D eigenvalue weighted by atomic mass is 10.1. The van der Waals surface area contributed by atoms with Gasteiger partial charge < -0.3 is 15.2 Å². The average Bonchev–Trinajstić information content (AvgIpc) is 2.43. The summed E-state index contributed by atoms with van der Waals surface area (Å²) >= 11 is 3.03. The number of methoxy groups -OCH3 is 1. The quantitative estimate of drug-likeness (QED) is 0.898. The molecule has 0 fully saturated rings. The Hall–Kier alpha value is -2.08. The molecule has 2 N–H and O–H groups in total. The number of benzene rings is 2. The van der Waals surface area contributed by atoms with Crippen LogP contribution in [0.4, 0.5) is 10.1 Å². The minimum absolute atomic E-state index is 0.0739. The molecule has 0 aliphatic rings. The molecule has 6 heteroatoms. The van der Waals surface area contributed by atoms with Gasteiger partial charge in [0.1, 0.15) is 17.3 Å². The molecule has 0 saturated carbocycles. The molecule has 0 aromatic heterocycles. The van der Waals surface area contributed by atoms with E-state index in [1.807, 2.05) is 0 Å². The number of hydrogen-bond acceptors (Lipinski definition) is 3. The van der Waals surface area contributed by atoms with Crippen molar-refractivity contribution in [2.45, 2.75) is 0 Å². The topological polar surface area (TPSA) is 58.6 Å². The number of phenolic OH excluding ortho intramolecular Hbond substituents is 1. The molecule has 20 heavy (non-hydrogen) atoms. The molecule has 2 aromatic rings. The first kappa shape index (κ1) is 14.3. The van der Waals surface area contributed by atoms with Crippen molar-refractivity contribution in [3.63, 3.8) is 0 Å². The van der Waals surface area contributed by atoms with Crippen molar-refractivity contribution < 1.29 is 19.0 Å². The number of carbonyl (C=O) groups is 1. The third-order valence-electron chi connectivity index (χ3n) is 2.63. The molecule has 0 aliphatic heterocycles. The van der Waals surface area contributed by atoms with Gasteiger partial charge in [-0.15, -0.1) is 0 Å². The van der Waals surface area contributed by atoms with Crippen LogP contribution in [0.25, 0.3) is 0 Å². The van der Waals surface area contributed by atoms with E-state index >= 15 is 0 Å². The minimum atomic E-state index is -0.514. The lowest BCUT2D eigenvalue weighted by Gasteiger charge is -2.09. The maximum absolute atomic E-state index is 13.1. The number of ether oxygens (including phenoxy) is 1. The molecule has 2 aromatic carbocycles. The van der Waals surface area contributed by atoms with Crippen LogP contribution in [0.3, 0.4) is 0 Å². The zero-order valence-electron chi connectivity index (χ0n) is 10.5. The molecule has 104 valence electrons. The van der Waals surface area contributed by atoms with Gasteiger partial charge in [0.05, 0.1) is 17.1 Å². The summed E-state index contributed by atoms with van der Waals surface area (Å²) < 4.78 is 18.3. The molecule has 0 bridgehead atoms. The van der Waals surface area contributed by atoms with Crippen LogP contribution in [0.5, 0.6) is 11.5 Å². The number of anilines is 1. The number of amides is 1. The molecule has 0 saturated heterocycles. The van der Waals surface area contributed by atoms with Gasteiger partial charge in [0.15, 0.2) is 0 Å². The zero-order valence-corrected chi connectivity index (χ0v) is 12.1. The third-order valence-corrected chi connectivity index (χ3v) is 3.23. The van der Waals surface area contributed by atoms with Crippen LogP contribution < -0.4 is 10.1 Å². The van der Waals surface area contributed by atoms with Crippen molar-refractivity contribution in [2.75, 3.05) is 12.4 Å². The maximum atomic E-state index is 13.1. The molecule has 0 atom stereocenters. The summed E-state index contributed by atoms with van der Waals surface area (Å²) in [5.74, 6) is -0.648. The molecule has 0 aliphatic carbocycles. The van der Waals surface area contributed by atoms with Crippen LogP contribution in [-0.2, 0) is 0 Å². The van der Waals surface area contributed by atoms with Crippen molar-refractivity contribution in [3.8, 4) is 11.5 Å². The SMILES string of the molecule is COc1ccc(O)c(C(=O)Nc2ccc(F)c(Br)c2)c1. The van der Waals surface area contributed by atoms with Gasteiger partial charge in [0.2, 0.25) is 0 Å². The van der Waals surface area contributed by atoms with Crippen molar-refractivity contribution in [3.05, 3.63) is 52.3 Å². The molecule has 0 unspecified atom stereocenters. The predicted octanol–water partition coefficient (Wildman–Crippen LogP) is 3.55. The number of phenols is 1. The fraction of sp³-hybridized carbons (Fsp3) is 0.0714. The van der Waals surface area contributed by atoms with Crippen molar-refractivity contribution in [1.82, 2.24) is 0 Å². The number of aromatic hydroxyl groups is 1. The summed E-state index contributed by atoms with van der Waals surface area (Å²) in [6.45, 7) is 0. The summed E-state index contributed by atoms with van der Waals surface area (Å²) in [5, 5.41) is 12.3. The lowest BCUT2D eigenvalue weighted by molar-refractivity contribution is 0.102. The first-order valence-electron chi connectivity index (χ1n) is 5.64. The highest BCUT2D eigenvalue weighted by Crippen LogP contribution is 2.25. The van der Waals surface area contributed by atoms with Gasteiger partial charge in [0.25, 0.3) is 5.91 Å². The summed E-state index contributed by atoms with van der Waals surface area (Å²) in [7, 11) is 1.46. The molecular formula is C14H11BrFNO3. The second-order valence-corrected chi connectivity index (χ2v) is 4.82. The lowest BCUT2D eigenvalue weighted by Crippen LogP contribution is -2.12. The standard InChI is InChI=1S/C14H11BrFNO3/c1-20-9-3-5-13(18)10(7-9)14(19)17-8-2-4-12(16)11(15)6-8/h2-7,18H,1H3,(H,17,19). The van der Waals surface area contributed by atoms with E-state index in [0.717, 1.165) is 0 Å². The van der Waals surface area contributed by atoms with Gasteiger partial charge in [-0.3, -0.25) is 4.79 Å². The minimum Gasteiger partial charge on any atom is -0.507 e. The largest absolute Gasteiger partial charge is 0.507 e. The molecule has 0 heterocycles. The van der Waals surface area contributed by atoms with E-state index < -0.39 is 11.7 Å². The van der Waals surface area contributed by atoms with E-state index in [1.165, 1.54) is 37.4 Å². The smallest absolute Gasteiger partial charge is 0.259 e. The third kappa shape index (κ3) is 3.08. The normalized spacial score (nSPS) is 10.2. The molecule has 2 rings (SSSR count). The van der Waals surface area contributed by atoms with Crippen molar-refractivity contribution in [1.29, 1.82) is 0 Å². The number of nitrogens with one attached hydrogen (secondary N) is 1. The highest BCUT2D eigenvalue weighted by molar-refractivity contribution is 9.10. The van der Waals surface area contributed by atoms with E-state index in [4.69, 9.17) is 4.74 Å². The first-order chi connectivity index (χ1) is 9.51. The Morgan fingerprint density at radius 1 is 1.30 bits per heavy atom. The predicted molar refractivity (Wildman–Crippen MR) is 76.7 cm³/mol. The molecule has 0 radical (unpaired) electrons. The average molecular weight is 340 g/mol. The van der Waals surface area contributed by atoms with Crippen molar-refractivity contribution in [2.24, 2.45) is 0 Å². The molecule has 0 spiro atoms. The fourth-order valence-corrected chi connectivity index (χ4v) is 1.98. The Morgan fingerprint density at radius 2 is 2.05 bits per heavy atom. The zero-order chi connectivity index (χ0) is 14.7.